The fourth-order valence-corrected chi connectivity index (χ4v) is 2.51. The van der Waals surface area contributed by atoms with Crippen molar-refractivity contribution in [3.8, 4) is 0 Å². The number of allylic oxidation sites excluding steroid dienone is 2. The van der Waals surface area contributed by atoms with E-state index in [4.69, 9.17) is 4.74 Å². The molecule has 3 nitrogen and oxygen atoms in total. The van der Waals surface area contributed by atoms with E-state index in [2.05, 4.69) is 16.9 Å². The van der Waals surface area contributed by atoms with E-state index in [9.17, 15) is 4.79 Å². The van der Waals surface area contributed by atoms with E-state index in [1.807, 2.05) is 0 Å². The van der Waals surface area contributed by atoms with E-state index in [-0.39, 0.29) is 11.4 Å². The second kappa shape index (κ2) is 4.83. The largest absolute Gasteiger partial charge is 0.466 e. The van der Waals surface area contributed by atoms with Crippen molar-refractivity contribution in [2.45, 2.75) is 25.7 Å². The molecular formula is C13H18O3. The molecule has 1 heterocycles. The molecule has 1 atom stereocenters. The highest BCUT2D eigenvalue weighted by molar-refractivity contribution is 5.83. The third kappa shape index (κ3) is 2.19. The smallest absolute Gasteiger partial charge is 0.330 e. The number of rotatable bonds is 1. The molecule has 0 aromatic carbocycles. The molecule has 0 bridgehead atoms. The number of hydrogen-bond acceptors (Lipinski definition) is 3. The van der Waals surface area contributed by atoms with Crippen LogP contribution in [0.1, 0.15) is 25.7 Å². The van der Waals surface area contributed by atoms with Crippen LogP contribution >= 0.6 is 0 Å². The quantitative estimate of drug-likeness (QED) is 0.388. The van der Waals surface area contributed by atoms with Crippen LogP contribution in [0.2, 0.25) is 0 Å². The first-order valence-corrected chi connectivity index (χ1v) is 5.79. The topological polar surface area (TPSA) is 35.5 Å². The number of carbonyl (C=O) groups excluding carboxylic acids is 1. The molecule has 1 spiro atoms. The fraction of sp³-hybridized carbons (Fsp3) is 0.615. The van der Waals surface area contributed by atoms with Crippen LogP contribution < -0.4 is 0 Å². The molecule has 2 aliphatic rings. The van der Waals surface area contributed by atoms with E-state index in [1.165, 1.54) is 13.5 Å². The van der Waals surface area contributed by atoms with Crippen LogP contribution in [-0.2, 0) is 14.3 Å². The SMILES string of the molecule is COC(=O)/C=C1\COC[C@@]12CC=CCCC2. The maximum absolute atomic E-state index is 11.3. The monoisotopic (exact) mass is 222 g/mol. The van der Waals surface area contributed by atoms with Gasteiger partial charge in [0.05, 0.1) is 20.3 Å². The van der Waals surface area contributed by atoms with Crippen LogP contribution in [0.15, 0.2) is 23.8 Å². The van der Waals surface area contributed by atoms with Crippen molar-refractivity contribution < 1.29 is 14.3 Å². The molecule has 0 aromatic rings. The summed E-state index contributed by atoms with van der Waals surface area (Å²) in [6, 6.07) is 0. The van der Waals surface area contributed by atoms with Crippen LogP contribution in [0.25, 0.3) is 0 Å². The molecule has 0 saturated carbocycles. The maximum atomic E-state index is 11.3. The standard InChI is InChI=1S/C13H18O3/c1-15-12(14)8-11-9-16-10-13(11)6-4-2-3-5-7-13/h2,4,8H,3,5-7,9-10H2,1H3/b11-8+/t13-/m0/s1. The summed E-state index contributed by atoms with van der Waals surface area (Å²) in [6.07, 6.45) is 10.4. The minimum absolute atomic E-state index is 0.0567. The zero-order valence-corrected chi connectivity index (χ0v) is 9.70. The first kappa shape index (κ1) is 11.4. The highest BCUT2D eigenvalue weighted by Crippen LogP contribution is 2.43. The number of ether oxygens (including phenoxy) is 2. The molecule has 1 aliphatic heterocycles. The summed E-state index contributed by atoms with van der Waals surface area (Å²) >= 11 is 0. The van der Waals surface area contributed by atoms with Gasteiger partial charge in [-0.3, -0.25) is 0 Å². The molecule has 3 heteroatoms. The van der Waals surface area contributed by atoms with Gasteiger partial charge < -0.3 is 9.47 Å². The summed E-state index contributed by atoms with van der Waals surface area (Å²) in [6.45, 7) is 1.31. The van der Waals surface area contributed by atoms with Gasteiger partial charge in [0, 0.05) is 11.5 Å². The molecule has 1 fully saturated rings. The van der Waals surface area contributed by atoms with Crippen molar-refractivity contribution in [2.75, 3.05) is 20.3 Å². The fourth-order valence-electron chi connectivity index (χ4n) is 2.51. The Morgan fingerprint density at radius 2 is 2.44 bits per heavy atom. The number of methoxy groups -OCH3 is 1. The Morgan fingerprint density at radius 3 is 3.25 bits per heavy atom. The summed E-state index contributed by atoms with van der Waals surface area (Å²) in [4.78, 5) is 11.3. The highest BCUT2D eigenvalue weighted by Gasteiger charge is 2.38. The Balaban J connectivity index is 2.21. The minimum Gasteiger partial charge on any atom is -0.466 e. The lowest BCUT2D eigenvalue weighted by Gasteiger charge is -2.26. The molecule has 0 aromatic heterocycles. The van der Waals surface area contributed by atoms with Crippen LogP contribution in [0.3, 0.4) is 0 Å². The van der Waals surface area contributed by atoms with E-state index in [1.54, 1.807) is 6.08 Å². The molecular weight excluding hydrogens is 204 g/mol. The van der Waals surface area contributed by atoms with Gasteiger partial charge in [0.1, 0.15) is 0 Å². The molecule has 1 saturated heterocycles. The molecule has 0 N–H and O–H groups in total. The Morgan fingerprint density at radius 1 is 1.56 bits per heavy atom. The van der Waals surface area contributed by atoms with E-state index < -0.39 is 0 Å². The molecule has 16 heavy (non-hydrogen) atoms. The van der Waals surface area contributed by atoms with Gasteiger partial charge >= 0.3 is 5.97 Å². The summed E-state index contributed by atoms with van der Waals surface area (Å²) < 4.78 is 10.2. The average Bonchev–Trinajstić information content (AvgIpc) is 2.52. The molecule has 0 amide bonds. The Kier molecular flexibility index (Phi) is 3.44. The van der Waals surface area contributed by atoms with E-state index >= 15 is 0 Å². The van der Waals surface area contributed by atoms with Gasteiger partial charge in [0.25, 0.3) is 0 Å². The van der Waals surface area contributed by atoms with Crippen molar-refractivity contribution in [1.82, 2.24) is 0 Å². The lowest BCUT2D eigenvalue weighted by Crippen LogP contribution is -2.22. The van der Waals surface area contributed by atoms with Gasteiger partial charge in [-0.2, -0.15) is 0 Å². The Hall–Kier alpha value is -1.09. The minimum atomic E-state index is -0.270. The van der Waals surface area contributed by atoms with Gasteiger partial charge in [-0.1, -0.05) is 12.2 Å². The van der Waals surface area contributed by atoms with Crippen molar-refractivity contribution in [3.63, 3.8) is 0 Å². The third-order valence-electron chi connectivity index (χ3n) is 3.51. The molecule has 2 rings (SSSR count). The van der Waals surface area contributed by atoms with E-state index in [0.29, 0.717) is 6.61 Å². The predicted molar refractivity (Wildman–Crippen MR) is 61.0 cm³/mol. The van der Waals surface area contributed by atoms with Crippen molar-refractivity contribution in [3.05, 3.63) is 23.8 Å². The zero-order chi connectivity index (χ0) is 11.4. The van der Waals surface area contributed by atoms with Crippen molar-refractivity contribution >= 4 is 5.97 Å². The first-order chi connectivity index (χ1) is 7.77. The summed E-state index contributed by atoms with van der Waals surface area (Å²) in [5.41, 5.74) is 1.16. The molecule has 0 radical (unpaired) electrons. The summed E-state index contributed by atoms with van der Waals surface area (Å²) in [5, 5.41) is 0. The van der Waals surface area contributed by atoms with Crippen LogP contribution in [0.5, 0.6) is 0 Å². The number of hydrogen-bond donors (Lipinski definition) is 0. The first-order valence-electron chi connectivity index (χ1n) is 5.79. The van der Waals surface area contributed by atoms with Gasteiger partial charge in [0.15, 0.2) is 0 Å². The normalized spacial score (nSPS) is 31.9. The molecule has 1 aliphatic carbocycles. The lowest BCUT2D eigenvalue weighted by atomic mass is 9.76. The molecule has 88 valence electrons. The Labute approximate surface area is 96.1 Å². The van der Waals surface area contributed by atoms with Gasteiger partial charge in [-0.25, -0.2) is 4.79 Å². The zero-order valence-electron chi connectivity index (χ0n) is 9.70. The maximum Gasteiger partial charge on any atom is 0.330 e. The number of esters is 1. The lowest BCUT2D eigenvalue weighted by molar-refractivity contribution is -0.134. The highest BCUT2D eigenvalue weighted by atomic mass is 16.5. The summed E-state index contributed by atoms with van der Waals surface area (Å²) in [5.74, 6) is -0.270. The Bertz CT molecular complexity index is 330. The predicted octanol–water partition coefficient (Wildman–Crippen LogP) is 2.23. The van der Waals surface area contributed by atoms with E-state index in [0.717, 1.165) is 31.4 Å². The molecule has 0 unspecified atom stereocenters. The van der Waals surface area contributed by atoms with Crippen LogP contribution in [-0.4, -0.2) is 26.3 Å². The van der Waals surface area contributed by atoms with Crippen LogP contribution in [0.4, 0.5) is 0 Å². The van der Waals surface area contributed by atoms with Crippen molar-refractivity contribution in [2.24, 2.45) is 5.41 Å². The van der Waals surface area contributed by atoms with Crippen LogP contribution in [0, 0.1) is 5.41 Å². The second-order valence-corrected chi connectivity index (χ2v) is 4.53. The second-order valence-electron chi connectivity index (χ2n) is 4.53. The van der Waals surface area contributed by atoms with Gasteiger partial charge in [0.2, 0.25) is 0 Å². The summed E-state index contributed by atoms with van der Waals surface area (Å²) in [7, 11) is 1.41. The number of carbonyl (C=O) groups is 1. The van der Waals surface area contributed by atoms with Crippen molar-refractivity contribution in [1.29, 1.82) is 0 Å². The third-order valence-corrected chi connectivity index (χ3v) is 3.51. The average molecular weight is 222 g/mol. The van der Waals surface area contributed by atoms with Gasteiger partial charge in [-0.05, 0) is 31.3 Å². The van der Waals surface area contributed by atoms with Gasteiger partial charge in [-0.15, -0.1) is 0 Å².